The van der Waals surface area contributed by atoms with Crippen LogP contribution in [-0.2, 0) is 4.79 Å². The number of hydrazine groups is 1. The summed E-state index contributed by atoms with van der Waals surface area (Å²) in [7, 11) is 0. The number of benzene rings is 1. The van der Waals surface area contributed by atoms with E-state index in [1.54, 1.807) is 0 Å². The molecule has 1 amide bonds. The Morgan fingerprint density at radius 3 is 2.67 bits per heavy atom. The molecule has 0 saturated heterocycles. The number of amides is 1. The second kappa shape index (κ2) is 5.90. The highest BCUT2D eigenvalue weighted by molar-refractivity contribution is 5.89. The minimum atomic E-state index is -0.263. The molecule has 1 aromatic rings. The number of nitrogens with two attached hydrogens (primary N) is 1. The third kappa shape index (κ3) is 2.81. The van der Waals surface area contributed by atoms with E-state index in [1.165, 1.54) is 11.1 Å². The number of rotatable bonds is 4. The average Bonchev–Trinajstić information content (AvgIpc) is 2.44. The Morgan fingerprint density at radius 2 is 2.05 bits per heavy atom. The Balaban J connectivity index is 2.56. The van der Waals surface area contributed by atoms with Crippen molar-refractivity contribution in [2.24, 2.45) is 5.84 Å². The Hall–Kier alpha value is -1.81. The van der Waals surface area contributed by atoms with Gasteiger partial charge in [-0.3, -0.25) is 10.2 Å². The predicted octanol–water partition coefficient (Wildman–Crippen LogP) is 2.85. The van der Waals surface area contributed by atoms with Crippen molar-refractivity contribution in [3.05, 3.63) is 35.9 Å². The Labute approximate surface area is 127 Å². The molecule has 1 aliphatic heterocycles. The molecule has 0 aromatic heterocycles. The average molecular weight is 287 g/mol. The predicted molar refractivity (Wildman–Crippen MR) is 87.7 cm³/mol. The van der Waals surface area contributed by atoms with Crippen LogP contribution in [0.25, 0.3) is 5.57 Å². The zero-order valence-electron chi connectivity index (χ0n) is 13.3. The lowest BCUT2D eigenvalue weighted by Crippen LogP contribution is -2.57. The van der Waals surface area contributed by atoms with E-state index in [4.69, 9.17) is 5.84 Å². The highest BCUT2D eigenvalue weighted by Gasteiger charge is 2.38. The van der Waals surface area contributed by atoms with Crippen LogP contribution in [0.4, 0.5) is 5.69 Å². The summed E-state index contributed by atoms with van der Waals surface area (Å²) in [5, 5.41) is 0. The van der Waals surface area contributed by atoms with Crippen molar-refractivity contribution < 1.29 is 4.79 Å². The number of nitrogens with one attached hydrogen (secondary N) is 1. The molecular weight excluding hydrogens is 262 g/mol. The Morgan fingerprint density at radius 1 is 1.38 bits per heavy atom. The topological polar surface area (TPSA) is 58.4 Å². The molecule has 0 bridgehead atoms. The second-order valence-corrected chi connectivity index (χ2v) is 6.18. The van der Waals surface area contributed by atoms with Gasteiger partial charge in [-0.05, 0) is 38.8 Å². The van der Waals surface area contributed by atoms with Crippen LogP contribution in [0, 0.1) is 0 Å². The molecule has 2 rings (SSSR count). The lowest BCUT2D eigenvalue weighted by molar-refractivity contribution is -0.122. The van der Waals surface area contributed by atoms with E-state index in [9.17, 15) is 4.79 Å². The van der Waals surface area contributed by atoms with Crippen LogP contribution in [-0.4, -0.2) is 17.5 Å². The molecule has 0 unspecified atom stereocenters. The van der Waals surface area contributed by atoms with Gasteiger partial charge in [0.25, 0.3) is 5.91 Å². The number of allylic oxidation sites excluding steroid dienone is 1. The van der Waals surface area contributed by atoms with E-state index in [0.717, 1.165) is 18.5 Å². The fraction of sp³-hybridized carbons (Fsp3) is 0.471. The van der Waals surface area contributed by atoms with Crippen molar-refractivity contribution in [2.75, 3.05) is 4.90 Å². The summed E-state index contributed by atoms with van der Waals surface area (Å²) in [5.41, 5.74) is 5.62. The molecule has 114 valence electrons. The number of carbonyl (C=O) groups excluding carboxylic acids is 1. The van der Waals surface area contributed by atoms with Crippen molar-refractivity contribution >= 4 is 17.2 Å². The maximum absolute atomic E-state index is 12.3. The second-order valence-electron chi connectivity index (χ2n) is 6.18. The normalized spacial score (nSPS) is 17.8. The van der Waals surface area contributed by atoms with Crippen molar-refractivity contribution in [1.82, 2.24) is 5.43 Å². The zero-order valence-corrected chi connectivity index (χ0v) is 13.3. The molecule has 3 N–H and O–H groups in total. The zero-order chi connectivity index (χ0) is 15.6. The van der Waals surface area contributed by atoms with Gasteiger partial charge in [0.15, 0.2) is 0 Å². The van der Waals surface area contributed by atoms with Gasteiger partial charge in [-0.2, -0.15) is 0 Å². The molecule has 21 heavy (non-hydrogen) atoms. The number of hydrogen-bond donors (Lipinski definition) is 2. The summed E-state index contributed by atoms with van der Waals surface area (Å²) >= 11 is 0. The van der Waals surface area contributed by atoms with Crippen molar-refractivity contribution in [2.45, 2.75) is 52.1 Å². The lowest BCUT2D eigenvalue weighted by atomic mass is 9.86. The molecule has 1 heterocycles. The van der Waals surface area contributed by atoms with Crippen LogP contribution in [0.3, 0.4) is 0 Å². The minimum Gasteiger partial charge on any atom is -0.350 e. The molecule has 1 atom stereocenters. The fourth-order valence-electron chi connectivity index (χ4n) is 3.32. The van der Waals surface area contributed by atoms with E-state index in [-0.39, 0.29) is 17.5 Å². The number of anilines is 1. The first-order valence-electron chi connectivity index (χ1n) is 7.51. The minimum absolute atomic E-state index is 0.132. The molecule has 0 spiro atoms. The largest absolute Gasteiger partial charge is 0.350 e. The summed E-state index contributed by atoms with van der Waals surface area (Å²) in [4.78, 5) is 14.5. The van der Waals surface area contributed by atoms with Gasteiger partial charge in [0, 0.05) is 11.3 Å². The Bertz CT molecular complexity index is 563. The molecule has 0 aliphatic carbocycles. The molecule has 4 heteroatoms. The number of nitrogens with zero attached hydrogens (tertiary/aromatic N) is 1. The number of fused-ring (bicyclic) bond motifs is 1. The first-order chi connectivity index (χ1) is 9.92. The van der Waals surface area contributed by atoms with Gasteiger partial charge < -0.3 is 4.90 Å². The molecule has 4 nitrogen and oxygen atoms in total. The number of para-hydroxylation sites is 1. The molecule has 0 radical (unpaired) electrons. The Kier molecular flexibility index (Phi) is 4.37. The van der Waals surface area contributed by atoms with E-state index in [2.05, 4.69) is 56.2 Å². The summed E-state index contributed by atoms with van der Waals surface area (Å²) in [6, 6.07) is 7.97. The molecule has 0 saturated carbocycles. The highest BCUT2D eigenvalue weighted by Crippen LogP contribution is 2.40. The van der Waals surface area contributed by atoms with E-state index in [0.29, 0.717) is 0 Å². The third-order valence-electron chi connectivity index (χ3n) is 4.10. The maximum atomic E-state index is 12.3. The van der Waals surface area contributed by atoms with Gasteiger partial charge >= 0.3 is 0 Å². The SMILES string of the molecule is CCC[C@@H](C(=O)NN)N1c2ccccc2C(C)=CC1(C)C. The van der Waals surface area contributed by atoms with Crippen LogP contribution in [0.15, 0.2) is 30.3 Å². The van der Waals surface area contributed by atoms with Gasteiger partial charge in [0.2, 0.25) is 0 Å². The van der Waals surface area contributed by atoms with Gasteiger partial charge in [0.1, 0.15) is 6.04 Å². The maximum Gasteiger partial charge on any atom is 0.256 e. The monoisotopic (exact) mass is 287 g/mol. The van der Waals surface area contributed by atoms with E-state index in [1.807, 2.05) is 12.1 Å². The summed E-state index contributed by atoms with van der Waals surface area (Å²) < 4.78 is 0. The lowest BCUT2D eigenvalue weighted by Gasteiger charge is -2.47. The van der Waals surface area contributed by atoms with E-state index >= 15 is 0 Å². The van der Waals surface area contributed by atoms with Crippen LogP contribution < -0.4 is 16.2 Å². The summed E-state index contributed by atoms with van der Waals surface area (Å²) in [5.74, 6) is 5.27. The summed E-state index contributed by atoms with van der Waals surface area (Å²) in [6.07, 6.45) is 3.92. The first-order valence-corrected chi connectivity index (χ1v) is 7.51. The summed E-state index contributed by atoms with van der Waals surface area (Å²) in [6.45, 7) is 8.48. The molecular formula is C17H25N3O. The van der Waals surface area contributed by atoms with Gasteiger partial charge in [-0.25, -0.2) is 5.84 Å². The molecule has 0 fully saturated rings. The first kappa shape index (κ1) is 15.6. The van der Waals surface area contributed by atoms with Gasteiger partial charge in [-0.15, -0.1) is 0 Å². The molecule has 1 aliphatic rings. The highest BCUT2D eigenvalue weighted by atomic mass is 16.2. The number of carbonyl (C=O) groups is 1. The third-order valence-corrected chi connectivity index (χ3v) is 4.10. The van der Waals surface area contributed by atoms with E-state index < -0.39 is 0 Å². The number of hydrogen-bond acceptors (Lipinski definition) is 3. The smallest absolute Gasteiger partial charge is 0.256 e. The van der Waals surface area contributed by atoms with Crippen LogP contribution >= 0.6 is 0 Å². The molecule has 1 aromatic carbocycles. The van der Waals surface area contributed by atoms with Gasteiger partial charge in [-0.1, -0.05) is 37.6 Å². The van der Waals surface area contributed by atoms with Crippen LogP contribution in [0.2, 0.25) is 0 Å². The van der Waals surface area contributed by atoms with Crippen molar-refractivity contribution in [3.63, 3.8) is 0 Å². The van der Waals surface area contributed by atoms with Crippen LogP contribution in [0.5, 0.6) is 0 Å². The fourth-order valence-corrected chi connectivity index (χ4v) is 3.32. The van der Waals surface area contributed by atoms with Gasteiger partial charge in [0.05, 0.1) is 5.54 Å². The quantitative estimate of drug-likeness (QED) is 0.508. The van der Waals surface area contributed by atoms with Crippen molar-refractivity contribution in [3.8, 4) is 0 Å². The van der Waals surface area contributed by atoms with Crippen molar-refractivity contribution in [1.29, 1.82) is 0 Å². The standard InChI is InChI=1S/C17H25N3O/c1-5-8-15(16(21)19-18)20-14-10-7-6-9-13(14)12(2)11-17(20,3)4/h6-7,9-11,15H,5,8,18H2,1-4H3,(H,19,21)/t15-/m0/s1. The van der Waals surface area contributed by atoms with Crippen LogP contribution in [0.1, 0.15) is 46.1 Å².